The Bertz CT molecular complexity index is 1120. The lowest BCUT2D eigenvalue weighted by Gasteiger charge is -2.08. The third-order valence-electron chi connectivity index (χ3n) is 4.57. The van der Waals surface area contributed by atoms with E-state index in [1.54, 1.807) is 18.3 Å². The minimum Gasteiger partial charge on any atom is -0.492 e. The quantitative estimate of drug-likeness (QED) is 0.378. The van der Waals surface area contributed by atoms with Crippen LogP contribution in [-0.4, -0.2) is 23.3 Å². The fourth-order valence-corrected chi connectivity index (χ4v) is 3.16. The number of hydrazone groups is 1. The molecule has 4 aromatic rings. The summed E-state index contributed by atoms with van der Waals surface area (Å²) in [6.07, 6.45) is 3.70. The van der Waals surface area contributed by atoms with Crippen molar-refractivity contribution in [3.05, 3.63) is 102 Å². The van der Waals surface area contributed by atoms with E-state index in [1.165, 1.54) is 0 Å². The van der Waals surface area contributed by atoms with Gasteiger partial charge in [0.15, 0.2) is 0 Å². The van der Waals surface area contributed by atoms with Crippen molar-refractivity contribution in [3.8, 4) is 5.75 Å². The van der Waals surface area contributed by atoms with Crippen LogP contribution in [0.4, 0.5) is 0 Å². The summed E-state index contributed by atoms with van der Waals surface area (Å²) < 4.78 is 7.96. The Morgan fingerprint density at radius 1 is 0.931 bits per heavy atom. The molecule has 0 bridgehead atoms. The molecule has 0 fully saturated rings. The molecule has 5 nitrogen and oxygen atoms in total. The lowest BCUT2D eigenvalue weighted by atomic mass is 10.2. The number of carbonyl (C=O) groups excluding carboxylic acids is 1. The average Bonchev–Trinajstić information content (AvgIpc) is 3.13. The summed E-state index contributed by atoms with van der Waals surface area (Å²) in [4.78, 5) is 12.1. The maximum absolute atomic E-state index is 12.1. The topological polar surface area (TPSA) is 55.6 Å². The van der Waals surface area contributed by atoms with Crippen molar-refractivity contribution in [2.75, 3.05) is 6.61 Å². The molecule has 0 atom stereocenters. The first kappa shape index (κ1) is 18.5. The first-order chi connectivity index (χ1) is 14.3. The van der Waals surface area contributed by atoms with E-state index in [9.17, 15) is 4.79 Å². The number of hydrogen-bond acceptors (Lipinski definition) is 3. The predicted octanol–water partition coefficient (Wildman–Crippen LogP) is 4.48. The van der Waals surface area contributed by atoms with Gasteiger partial charge in [-0.1, -0.05) is 54.6 Å². The number of ether oxygens (including phenoxy) is 1. The van der Waals surface area contributed by atoms with Crippen LogP contribution < -0.4 is 10.2 Å². The fraction of sp³-hybridized carbons (Fsp3) is 0.0833. The van der Waals surface area contributed by atoms with E-state index in [1.807, 2.05) is 72.9 Å². The van der Waals surface area contributed by atoms with Crippen molar-refractivity contribution in [1.29, 1.82) is 0 Å². The van der Waals surface area contributed by atoms with Gasteiger partial charge in [0.1, 0.15) is 12.4 Å². The lowest BCUT2D eigenvalue weighted by Crippen LogP contribution is -2.17. The minimum absolute atomic E-state index is 0.234. The van der Waals surface area contributed by atoms with Crippen molar-refractivity contribution in [3.63, 3.8) is 0 Å². The van der Waals surface area contributed by atoms with Crippen LogP contribution in [0.25, 0.3) is 10.9 Å². The maximum Gasteiger partial charge on any atom is 0.271 e. The molecule has 1 N–H and O–H groups in total. The highest BCUT2D eigenvalue weighted by atomic mass is 16.5. The monoisotopic (exact) mass is 383 g/mol. The molecule has 0 aliphatic rings. The number of benzene rings is 3. The number of carbonyl (C=O) groups is 1. The van der Waals surface area contributed by atoms with Crippen LogP contribution in [0.1, 0.15) is 15.9 Å². The molecular formula is C24H21N3O2. The molecule has 1 aromatic heterocycles. The normalized spacial score (nSPS) is 11.0. The number of nitrogens with zero attached hydrogens (tertiary/aromatic N) is 2. The fourth-order valence-electron chi connectivity index (χ4n) is 3.16. The van der Waals surface area contributed by atoms with Crippen LogP contribution in [0.5, 0.6) is 5.75 Å². The number of aromatic nitrogens is 1. The summed E-state index contributed by atoms with van der Waals surface area (Å²) in [5.41, 5.74) is 5.19. The summed E-state index contributed by atoms with van der Waals surface area (Å²) >= 11 is 0. The zero-order chi connectivity index (χ0) is 19.9. The summed E-state index contributed by atoms with van der Waals surface area (Å²) in [5.74, 6) is 0.622. The summed E-state index contributed by atoms with van der Waals surface area (Å²) in [7, 11) is 0. The Kier molecular flexibility index (Phi) is 5.67. The Morgan fingerprint density at radius 3 is 2.41 bits per heavy atom. The van der Waals surface area contributed by atoms with Crippen LogP contribution in [0.2, 0.25) is 0 Å². The predicted molar refractivity (Wildman–Crippen MR) is 115 cm³/mol. The first-order valence-electron chi connectivity index (χ1n) is 9.45. The molecule has 1 heterocycles. The van der Waals surface area contributed by atoms with Gasteiger partial charge in [0.25, 0.3) is 5.91 Å². The van der Waals surface area contributed by atoms with Gasteiger partial charge in [0.05, 0.1) is 12.8 Å². The van der Waals surface area contributed by atoms with Gasteiger partial charge in [-0.15, -0.1) is 0 Å². The molecule has 144 valence electrons. The van der Waals surface area contributed by atoms with Crippen LogP contribution in [0.3, 0.4) is 0 Å². The molecule has 0 aliphatic heterocycles. The van der Waals surface area contributed by atoms with Gasteiger partial charge in [0, 0.05) is 28.2 Å². The molecule has 0 saturated carbocycles. The van der Waals surface area contributed by atoms with E-state index in [0.29, 0.717) is 18.7 Å². The van der Waals surface area contributed by atoms with Crippen molar-refractivity contribution < 1.29 is 9.53 Å². The molecule has 5 heteroatoms. The smallest absolute Gasteiger partial charge is 0.271 e. The molecule has 0 saturated heterocycles. The molecule has 4 rings (SSSR count). The molecule has 0 radical (unpaired) electrons. The van der Waals surface area contributed by atoms with E-state index in [-0.39, 0.29) is 5.91 Å². The summed E-state index contributed by atoms with van der Waals surface area (Å²) in [6, 6.07) is 26.9. The van der Waals surface area contributed by atoms with E-state index < -0.39 is 0 Å². The van der Waals surface area contributed by atoms with Crippen molar-refractivity contribution in [2.45, 2.75) is 6.54 Å². The molecule has 29 heavy (non-hydrogen) atoms. The van der Waals surface area contributed by atoms with Crippen LogP contribution in [0.15, 0.2) is 96.2 Å². The highest BCUT2D eigenvalue weighted by Gasteiger charge is 2.07. The highest BCUT2D eigenvalue weighted by molar-refractivity contribution is 6.00. The van der Waals surface area contributed by atoms with Crippen LogP contribution in [-0.2, 0) is 6.54 Å². The van der Waals surface area contributed by atoms with Crippen molar-refractivity contribution in [2.24, 2.45) is 5.10 Å². The van der Waals surface area contributed by atoms with E-state index >= 15 is 0 Å². The molecular weight excluding hydrogens is 362 g/mol. The second-order valence-corrected chi connectivity index (χ2v) is 6.52. The molecule has 1 amide bonds. The van der Waals surface area contributed by atoms with Gasteiger partial charge >= 0.3 is 0 Å². The number of hydrogen-bond donors (Lipinski definition) is 1. The largest absolute Gasteiger partial charge is 0.492 e. The Balaban J connectivity index is 1.46. The third-order valence-corrected chi connectivity index (χ3v) is 4.57. The summed E-state index contributed by atoms with van der Waals surface area (Å²) in [6.45, 7) is 1.27. The van der Waals surface area contributed by atoms with Crippen LogP contribution >= 0.6 is 0 Å². The zero-order valence-electron chi connectivity index (χ0n) is 15.9. The number of nitrogens with one attached hydrogen (secondary N) is 1. The molecule has 0 aliphatic carbocycles. The Morgan fingerprint density at radius 2 is 1.62 bits per heavy atom. The average molecular weight is 383 g/mol. The van der Waals surface area contributed by atoms with Crippen molar-refractivity contribution in [1.82, 2.24) is 9.99 Å². The third kappa shape index (κ3) is 4.52. The molecule has 0 spiro atoms. The molecule has 3 aromatic carbocycles. The first-order valence-corrected chi connectivity index (χ1v) is 9.45. The summed E-state index contributed by atoms with van der Waals surface area (Å²) in [5, 5.41) is 5.21. The second-order valence-electron chi connectivity index (χ2n) is 6.52. The van der Waals surface area contributed by atoms with E-state index in [0.717, 1.165) is 22.2 Å². The SMILES string of the molecule is O=C(N/N=C/c1cn(CCOc2ccccc2)c2ccccc12)c1ccccc1. The minimum atomic E-state index is -0.234. The standard InChI is InChI=1S/C24H21N3O2/c28-24(19-9-3-1-4-10-19)26-25-17-20-18-27(23-14-8-7-13-22(20)23)15-16-29-21-11-5-2-6-12-21/h1-14,17-18H,15-16H2,(H,26,28)/b25-17+. The van der Waals surface area contributed by atoms with Crippen LogP contribution in [0, 0.1) is 0 Å². The van der Waals surface area contributed by atoms with Gasteiger partial charge in [-0.25, -0.2) is 5.43 Å². The van der Waals surface area contributed by atoms with Gasteiger partial charge in [0.2, 0.25) is 0 Å². The maximum atomic E-state index is 12.1. The molecule has 0 unspecified atom stereocenters. The van der Waals surface area contributed by atoms with Gasteiger partial charge in [-0.2, -0.15) is 5.10 Å². The zero-order valence-corrected chi connectivity index (χ0v) is 15.9. The lowest BCUT2D eigenvalue weighted by molar-refractivity contribution is 0.0955. The van der Waals surface area contributed by atoms with Gasteiger partial charge < -0.3 is 9.30 Å². The van der Waals surface area contributed by atoms with Crippen molar-refractivity contribution >= 4 is 23.0 Å². The van der Waals surface area contributed by atoms with E-state index in [4.69, 9.17) is 4.74 Å². The van der Waals surface area contributed by atoms with Gasteiger partial charge in [-0.3, -0.25) is 4.79 Å². The Hall–Kier alpha value is -3.86. The number of amides is 1. The number of fused-ring (bicyclic) bond motifs is 1. The highest BCUT2D eigenvalue weighted by Crippen LogP contribution is 2.20. The number of para-hydroxylation sites is 2. The second kappa shape index (κ2) is 8.89. The number of rotatable bonds is 7. The van der Waals surface area contributed by atoms with E-state index in [2.05, 4.69) is 21.2 Å². The van der Waals surface area contributed by atoms with Gasteiger partial charge in [-0.05, 0) is 30.3 Å². The Labute approximate surface area is 169 Å².